The SMILES string of the molecule is COc1cc(/C=N\NC(=O)Cc2cccs2)ccc1OC(C)=O. The van der Waals surface area contributed by atoms with Gasteiger partial charge in [0.1, 0.15) is 0 Å². The molecule has 1 amide bonds. The van der Waals surface area contributed by atoms with Crippen molar-refractivity contribution >= 4 is 29.4 Å². The molecule has 0 saturated carbocycles. The van der Waals surface area contributed by atoms with Gasteiger partial charge in [0.05, 0.1) is 19.7 Å². The standard InChI is InChI=1S/C16H16N2O4S/c1-11(19)22-14-6-5-12(8-15(14)21-2)10-17-18-16(20)9-13-4-3-7-23-13/h3-8,10H,9H2,1-2H3,(H,18,20)/b17-10-. The van der Waals surface area contributed by atoms with Crippen molar-refractivity contribution in [2.24, 2.45) is 5.10 Å². The Morgan fingerprint density at radius 3 is 2.78 bits per heavy atom. The smallest absolute Gasteiger partial charge is 0.308 e. The fourth-order valence-electron chi connectivity index (χ4n) is 1.79. The highest BCUT2D eigenvalue weighted by Gasteiger charge is 2.07. The quantitative estimate of drug-likeness (QED) is 0.381. The first-order valence-corrected chi connectivity index (χ1v) is 7.67. The number of nitrogens with zero attached hydrogens (tertiary/aromatic N) is 1. The molecule has 2 rings (SSSR count). The predicted molar refractivity (Wildman–Crippen MR) is 88.1 cm³/mol. The molecule has 0 aliphatic rings. The van der Waals surface area contributed by atoms with Gasteiger partial charge in [-0.3, -0.25) is 9.59 Å². The van der Waals surface area contributed by atoms with Crippen LogP contribution < -0.4 is 14.9 Å². The summed E-state index contributed by atoms with van der Waals surface area (Å²) in [5.74, 6) is 0.130. The molecule has 1 heterocycles. The van der Waals surface area contributed by atoms with Gasteiger partial charge >= 0.3 is 5.97 Å². The average molecular weight is 332 g/mol. The second kappa shape index (κ2) is 8.09. The molecule has 0 aliphatic carbocycles. The summed E-state index contributed by atoms with van der Waals surface area (Å²) >= 11 is 1.52. The van der Waals surface area contributed by atoms with Crippen molar-refractivity contribution in [3.63, 3.8) is 0 Å². The molecule has 0 unspecified atom stereocenters. The van der Waals surface area contributed by atoms with E-state index in [0.717, 1.165) is 4.88 Å². The van der Waals surface area contributed by atoms with E-state index >= 15 is 0 Å². The Kier molecular flexibility index (Phi) is 5.87. The number of benzene rings is 1. The van der Waals surface area contributed by atoms with Gasteiger partial charge in [0.2, 0.25) is 5.91 Å². The Hall–Kier alpha value is -2.67. The molecular formula is C16H16N2O4S. The van der Waals surface area contributed by atoms with Crippen LogP contribution in [0.5, 0.6) is 11.5 Å². The number of methoxy groups -OCH3 is 1. The van der Waals surface area contributed by atoms with Crippen LogP contribution >= 0.6 is 11.3 Å². The highest BCUT2D eigenvalue weighted by atomic mass is 32.1. The van der Waals surface area contributed by atoms with Crippen LogP contribution in [0.3, 0.4) is 0 Å². The summed E-state index contributed by atoms with van der Waals surface area (Å²) in [6, 6.07) is 8.76. The number of hydrazone groups is 1. The normalized spacial score (nSPS) is 10.5. The van der Waals surface area contributed by atoms with Crippen LogP contribution in [0, 0.1) is 0 Å². The molecule has 120 valence electrons. The van der Waals surface area contributed by atoms with Gasteiger partial charge in [0.15, 0.2) is 11.5 Å². The van der Waals surface area contributed by atoms with Gasteiger partial charge in [-0.25, -0.2) is 5.43 Å². The highest BCUT2D eigenvalue weighted by Crippen LogP contribution is 2.27. The van der Waals surface area contributed by atoms with E-state index in [1.165, 1.54) is 31.6 Å². The van der Waals surface area contributed by atoms with E-state index in [2.05, 4.69) is 10.5 Å². The Morgan fingerprint density at radius 2 is 2.13 bits per heavy atom. The van der Waals surface area contributed by atoms with Gasteiger partial charge in [-0.1, -0.05) is 6.07 Å². The van der Waals surface area contributed by atoms with Crippen molar-refractivity contribution in [3.8, 4) is 11.5 Å². The van der Waals surface area contributed by atoms with Gasteiger partial charge < -0.3 is 9.47 Å². The first kappa shape index (κ1) is 16.7. The Morgan fingerprint density at radius 1 is 1.30 bits per heavy atom. The molecule has 6 nitrogen and oxygen atoms in total. The molecule has 1 N–H and O–H groups in total. The van der Waals surface area contributed by atoms with Crippen molar-refractivity contribution in [2.45, 2.75) is 13.3 Å². The molecule has 0 fully saturated rings. The maximum Gasteiger partial charge on any atom is 0.308 e. The second-order valence-electron chi connectivity index (χ2n) is 4.55. The monoisotopic (exact) mass is 332 g/mol. The van der Waals surface area contributed by atoms with Gasteiger partial charge in [-0.2, -0.15) is 5.10 Å². The van der Waals surface area contributed by atoms with E-state index in [9.17, 15) is 9.59 Å². The minimum Gasteiger partial charge on any atom is -0.493 e. The number of carbonyl (C=O) groups is 2. The molecule has 0 aliphatic heterocycles. The van der Waals surface area contributed by atoms with Crippen LogP contribution in [-0.2, 0) is 16.0 Å². The number of thiophene rings is 1. The number of ether oxygens (including phenoxy) is 2. The molecule has 0 atom stereocenters. The number of hydrogen-bond acceptors (Lipinski definition) is 6. The number of rotatable bonds is 6. The van der Waals surface area contributed by atoms with Crippen LogP contribution in [0.25, 0.3) is 0 Å². The van der Waals surface area contributed by atoms with Crippen LogP contribution in [0.1, 0.15) is 17.4 Å². The van der Waals surface area contributed by atoms with E-state index < -0.39 is 5.97 Å². The summed E-state index contributed by atoms with van der Waals surface area (Å²) in [4.78, 5) is 23.7. The Bertz CT molecular complexity index is 711. The maximum atomic E-state index is 11.7. The van der Waals surface area contributed by atoms with Crippen LogP contribution in [-0.4, -0.2) is 25.2 Å². The Balaban J connectivity index is 1.96. The largest absolute Gasteiger partial charge is 0.493 e. The average Bonchev–Trinajstić information content (AvgIpc) is 3.01. The van der Waals surface area contributed by atoms with E-state index in [1.807, 2.05) is 17.5 Å². The number of hydrogen-bond donors (Lipinski definition) is 1. The molecule has 0 bridgehead atoms. The van der Waals surface area contributed by atoms with Gasteiger partial charge in [-0.05, 0) is 35.2 Å². The summed E-state index contributed by atoms with van der Waals surface area (Å²) in [6.07, 6.45) is 1.79. The molecule has 23 heavy (non-hydrogen) atoms. The predicted octanol–water partition coefficient (Wildman–Crippen LogP) is 2.37. The molecular weight excluding hydrogens is 316 g/mol. The summed E-state index contributed by atoms with van der Waals surface area (Å²) < 4.78 is 10.2. The minimum absolute atomic E-state index is 0.188. The van der Waals surface area contributed by atoms with E-state index in [0.29, 0.717) is 23.5 Å². The van der Waals surface area contributed by atoms with Crippen LogP contribution in [0.4, 0.5) is 0 Å². The Labute approximate surface area is 137 Å². The number of nitrogens with one attached hydrogen (secondary N) is 1. The number of esters is 1. The molecule has 2 aromatic rings. The van der Waals surface area contributed by atoms with Crippen LogP contribution in [0.2, 0.25) is 0 Å². The first-order chi connectivity index (χ1) is 11.1. The zero-order valence-electron chi connectivity index (χ0n) is 12.7. The lowest BCUT2D eigenvalue weighted by molar-refractivity contribution is -0.132. The summed E-state index contributed by atoms with van der Waals surface area (Å²) in [6.45, 7) is 1.32. The van der Waals surface area contributed by atoms with Crippen LogP contribution in [0.15, 0.2) is 40.8 Å². The number of carbonyl (C=O) groups excluding carboxylic acids is 2. The molecule has 1 aromatic carbocycles. The first-order valence-electron chi connectivity index (χ1n) is 6.79. The van der Waals surface area contributed by atoms with Crippen molar-refractivity contribution in [3.05, 3.63) is 46.2 Å². The zero-order valence-corrected chi connectivity index (χ0v) is 13.6. The summed E-state index contributed by atoms with van der Waals surface area (Å²) in [5.41, 5.74) is 3.17. The van der Waals surface area contributed by atoms with E-state index in [-0.39, 0.29) is 5.91 Å². The van der Waals surface area contributed by atoms with Crippen molar-refractivity contribution in [1.82, 2.24) is 5.43 Å². The van der Waals surface area contributed by atoms with Gasteiger partial charge in [-0.15, -0.1) is 11.3 Å². The third kappa shape index (κ3) is 5.23. The highest BCUT2D eigenvalue weighted by molar-refractivity contribution is 7.10. The molecule has 1 aromatic heterocycles. The zero-order chi connectivity index (χ0) is 16.7. The lowest BCUT2D eigenvalue weighted by Crippen LogP contribution is -2.19. The van der Waals surface area contributed by atoms with E-state index in [4.69, 9.17) is 9.47 Å². The fourth-order valence-corrected chi connectivity index (χ4v) is 2.50. The second-order valence-corrected chi connectivity index (χ2v) is 5.59. The molecule has 0 spiro atoms. The van der Waals surface area contributed by atoms with Crippen molar-refractivity contribution in [2.75, 3.05) is 7.11 Å². The van der Waals surface area contributed by atoms with Gasteiger partial charge in [0, 0.05) is 11.8 Å². The van der Waals surface area contributed by atoms with Crippen molar-refractivity contribution in [1.29, 1.82) is 0 Å². The van der Waals surface area contributed by atoms with Crippen molar-refractivity contribution < 1.29 is 19.1 Å². The van der Waals surface area contributed by atoms with E-state index in [1.54, 1.807) is 18.2 Å². The van der Waals surface area contributed by atoms with Gasteiger partial charge in [0.25, 0.3) is 0 Å². The molecule has 0 saturated heterocycles. The summed E-state index contributed by atoms with van der Waals surface area (Å²) in [5, 5.41) is 5.82. The molecule has 7 heteroatoms. The summed E-state index contributed by atoms with van der Waals surface area (Å²) in [7, 11) is 1.48. The molecule has 0 radical (unpaired) electrons. The third-order valence-electron chi connectivity index (χ3n) is 2.76. The lowest BCUT2D eigenvalue weighted by atomic mass is 10.2. The minimum atomic E-state index is -0.425. The lowest BCUT2D eigenvalue weighted by Gasteiger charge is -2.08. The fraction of sp³-hybridized carbons (Fsp3) is 0.188. The number of amides is 1. The topological polar surface area (TPSA) is 77.0 Å². The maximum absolute atomic E-state index is 11.7. The third-order valence-corrected chi connectivity index (χ3v) is 3.64.